The molecule has 16 heavy (non-hydrogen) atoms. The van der Waals surface area contributed by atoms with Gasteiger partial charge in [-0.15, -0.1) is 12.4 Å². The number of hydrogen-bond acceptors (Lipinski definition) is 4. The Hall–Kier alpha value is -0.310. The van der Waals surface area contributed by atoms with Crippen molar-refractivity contribution in [2.75, 3.05) is 0 Å². The molecule has 0 saturated carbocycles. The van der Waals surface area contributed by atoms with Crippen molar-refractivity contribution in [1.82, 2.24) is 0 Å². The normalized spacial score (nSPS) is 9.81. The fourth-order valence-electron chi connectivity index (χ4n) is 0.847. The van der Waals surface area contributed by atoms with Crippen molar-refractivity contribution < 1.29 is 28.0 Å². The molecule has 0 aliphatic rings. The minimum atomic E-state index is -4.45. The molecular weight excluding hydrogens is 271 g/mol. The Kier molecular flexibility index (Phi) is 7.26. The number of aromatic hydroxyl groups is 1. The van der Waals surface area contributed by atoms with Crippen molar-refractivity contribution in [1.29, 1.82) is 0 Å². The first-order chi connectivity index (χ1) is 6.32. The summed E-state index contributed by atoms with van der Waals surface area (Å²) in [7, 11) is -4.45. The van der Waals surface area contributed by atoms with Crippen LogP contribution in [0.1, 0.15) is 10.4 Å². The van der Waals surface area contributed by atoms with Crippen LogP contribution in [0.4, 0.5) is 0 Å². The number of phenols is 1. The maximum absolute atomic E-state index is 10.6. The first kappa shape index (κ1) is 18.1. The van der Waals surface area contributed by atoms with Gasteiger partial charge in [-0.3, -0.25) is 4.55 Å². The van der Waals surface area contributed by atoms with Gasteiger partial charge in [-0.1, -0.05) is 0 Å². The molecule has 1 rings (SSSR count). The van der Waals surface area contributed by atoms with Crippen LogP contribution in [0.5, 0.6) is 5.75 Å². The fraction of sp³-hybridized carbons (Fsp3) is 0. The zero-order chi connectivity index (χ0) is 10.9. The zero-order valence-electron chi connectivity index (χ0n) is 7.11. The van der Waals surface area contributed by atoms with Crippen LogP contribution >= 0.6 is 12.4 Å². The first-order valence-corrected chi connectivity index (χ1v) is 4.80. The molecule has 0 unspecified atom stereocenters. The Morgan fingerprint density at radius 3 is 2.12 bits per heavy atom. The van der Waals surface area contributed by atoms with Gasteiger partial charge in [0, 0.05) is 0 Å². The van der Waals surface area contributed by atoms with Gasteiger partial charge >= 0.3 is 35.5 Å². The molecule has 6 nitrogen and oxygen atoms in total. The first-order valence-electron chi connectivity index (χ1n) is 3.36. The van der Waals surface area contributed by atoms with E-state index in [-0.39, 0.29) is 42.0 Å². The number of carboxylic acid groups (broad SMARTS) is 1. The second-order valence-electron chi connectivity index (χ2n) is 2.46. The summed E-state index contributed by atoms with van der Waals surface area (Å²) in [4.78, 5) is 9.89. The Morgan fingerprint density at radius 1 is 1.25 bits per heavy atom. The van der Waals surface area contributed by atoms with E-state index < -0.39 is 32.3 Å². The molecule has 0 spiro atoms. The van der Waals surface area contributed by atoms with Gasteiger partial charge in [0.2, 0.25) is 0 Å². The Bertz CT molecular complexity index is 486. The third-order valence-corrected chi connectivity index (χ3v) is 2.35. The summed E-state index contributed by atoms with van der Waals surface area (Å²) >= 11 is 0. The Morgan fingerprint density at radius 2 is 1.75 bits per heavy atom. The van der Waals surface area contributed by atoms with Crippen molar-refractivity contribution in [3.05, 3.63) is 23.8 Å². The SMILES string of the molecule is Cl.O=C(O)c1cc(S(=O)(=O)O)ccc1O.[NaH]. The van der Waals surface area contributed by atoms with Gasteiger partial charge in [0.1, 0.15) is 11.3 Å². The summed E-state index contributed by atoms with van der Waals surface area (Å²) in [6.07, 6.45) is 0. The number of carboxylic acids is 1. The van der Waals surface area contributed by atoms with Crippen LogP contribution in [-0.2, 0) is 10.1 Å². The van der Waals surface area contributed by atoms with Crippen LogP contribution in [0.3, 0.4) is 0 Å². The third-order valence-electron chi connectivity index (χ3n) is 1.50. The molecule has 0 aromatic heterocycles. The van der Waals surface area contributed by atoms with E-state index in [0.717, 1.165) is 12.1 Å². The number of benzene rings is 1. The maximum atomic E-state index is 10.6. The number of carbonyl (C=O) groups is 1. The van der Waals surface area contributed by atoms with Gasteiger partial charge in [0.05, 0.1) is 4.90 Å². The summed E-state index contributed by atoms with van der Waals surface area (Å²) in [6, 6.07) is 2.46. The van der Waals surface area contributed by atoms with Gasteiger partial charge in [-0.2, -0.15) is 8.42 Å². The average molecular weight is 279 g/mol. The second kappa shape index (κ2) is 6.43. The van der Waals surface area contributed by atoms with E-state index in [1.165, 1.54) is 0 Å². The molecule has 0 aliphatic carbocycles. The van der Waals surface area contributed by atoms with Gasteiger partial charge in [0.25, 0.3) is 10.1 Å². The number of aromatic carboxylic acids is 1. The van der Waals surface area contributed by atoms with Crippen LogP contribution in [0.25, 0.3) is 0 Å². The number of hydrogen-bond donors (Lipinski definition) is 3. The van der Waals surface area contributed by atoms with Gasteiger partial charge in [-0.25, -0.2) is 4.79 Å². The predicted molar refractivity (Wildman–Crippen MR) is 59.3 cm³/mol. The van der Waals surface area contributed by atoms with Crippen molar-refractivity contribution in [2.24, 2.45) is 0 Å². The zero-order valence-corrected chi connectivity index (χ0v) is 8.75. The van der Waals surface area contributed by atoms with Crippen LogP contribution in [-0.4, -0.2) is 58.7 Å². The van der Waals surface area contributed by atoms with Crippen LogP contribution in [0.2, 0.25) is 0 Å². The summed E-state index contributed by atoms with van der Waals surface area (Å²) in [5.74, 6) is -2.04. The molecule has 0 atom stereocenters. The van der Waals surface area contributed by atoms with E-state index >= 15 is 0 Å². The molecule has 9 heteroatoms. The van der Waals surface area contributed by atoms with Crippen LogP contribution in [0, 0.1) is 0 Å². The molecular formula is C7H8ClNaO6S. The molecule has 0 aliphatic heterocycles. The quantitative estimate of drug-likeness (QED) is 0.523. The van der Waals surface area contributed by atoms with E-state index in [1.807, 2.05) is 0 Å². The third kappa shape index (κ3) is 4.28. The van der Waals surface area contributed by atoms with Crippen LogP contribution in [0.15, 0.2) is 23.1 Å². The molecule has 1 aromatic rings. The molecule has 0 fully saturated rings. The molecule has 0 radical (unpaired) electrons. The van der Waals surface area contributed by atoms with E-state index in [2.05, 4.69) is 0 Å². The number of rotatable bonds is 2. The molecule has 0 heterocycles. The van der Waals surface area contributed by atoms with E-state index in [9.17, 15) is 13.2 Å². The monoisotopic (exact) mass is 278 g/mol. The van der Waals surface area contributed by atoms with Crippen molar-refractivity contribution in [3.63, 3.8) is 0 Å². The van der Waals surface area contributed by atoms with Gasteiger partial charge in [0.15, 0.2) is 0 Å². The number of halogens is 1. The van der Waals surface area contributed by atoms with Gasteiger partial charge < -0.3 is 10.2 Å². The van der Waals surface area contributed by atoms with E-state index in [1.54, 1.807) is 0 Å². The molecule has 0 amide bonds. The Balaban J connectivity index is 0. The molecule has 0 bridgehead atoms. The summed E-state index contributed by atoms with van der Waals surface area (Å²) in [6.45, 7) is 0. The van der Waals surface area contributed by atoms with E-state index in [0.29, 0.717) is 6.07 Å². The summed E-state index contributed by atoms with van der Waals surface area (Å²) in [5.41, 5.74) is -0.583. The minimum absolute atomic E-state index is 0. The molecule has 86 valence electrons. The van der Waals surface area contributed by atoms with E-state index in [4.69, 9.17) is 14.8 Å². The van der Waals surface area contributed by atoms with Gasteiger partial charge in [-0.05, 0) is 18.2 Å². The summed E-state index contributed by atoms with van der Waals surface area (Å²) in [5, 5.41) is 17.5. The van der Waals surface area contributed by atoms with Crippen molar-refractivity contribution >= 4 is 58.1 Å². The molecule has 3 N–H and O–H groups in total. The topological polar surface area (TPSA) is 112 Å². The van der Waals surface area contributed by atoms with Crippen molar-refractivity contribution in [2.45, 2.75) is 4.90 Å². The summed E-state index contributed by atoms with van der Waals surface area (Å²) < 4.78 is 29.8. The van der Waals surface area contributed by atoms with Crippen LogP contribution < -0.4 is 0 Å². The fourth-order valence-corrected chi connectivity index (χ4v) is 1.35. The molecule has 0 saturated heterocycles. The average Bonchev–Trinajstić information content (AvgIpc) is 2.02. The Labute approximate surface area is 120 Å². The van der Waals surface area contributed by atoms with Crippen molar-refractivity contribution in [3.8, 4) is 5.75 Å². The second-order valence-corrected chi connectivity index (χ2v) is 3.88. The predicted octanol–water partition coefficient (Wildman–Crippen LogP) is 0.110. The standard InChI is InChI=1S/C7H6O6S.ClH.Na.H/c8-6-2-1-4(14(11,12)13)3-5(6)7(9)10;;;/h1-3,8H,(H,9,10)(H,11,12,13);1H;;. The molecule has 1 aromatic carbocycles.